The van der Waals surface area contributed by atoms with E-state index in [4.69, 9.17) is 9.72 Å². The maximum absolute atomic E-state index is 12.5. The number of hydrogen-bond acceptors (Lipinski definition) is 4. The first-order valence-corrected chi connectivity index (χ1v) is 10.2. The van der Waals surface area contributed by atoms with Crippen molar-refractivity contribution in [1.82, 2.24) is 4.98 Å². The number of halogens is 2. The Morgan fingerprint density at radius 1 is 1.21 bits per heavy atom. The van der Waals surface area contributed by atoms with Crippen molar-refractivity contribution in [3.05, 3.63) is 53.0 Å². The van der Waals surface area contributed by atoms with E-state index < -0.39 is 6.61 Å². The van der Waals surface area contributed by atoms with Gasteiger partial charge in [-0.2, -0.15) is 8.78 Å². The highest BCUT2D eigenvalue weighted by atomic mass is 32.1. The molecule has 2 atom stereocenters. The van der Waals surface area contributed by atoms with Gasteiger partial charge in [-0.15, -0.1) is 11.3 Å². The monoisotopic (exact) mass is 405 g/mol. The number of nitrogens with one attached hydrogen (secondary N) is 1. The van der Waals surface area contributed by atoms with Gasteiger partial charge in [0.1, 0.15) is 11.6 Å². The van der Waals surface area contributed by atoms with Crippen LogP contribution in [0.2, 0.25) is 0 Å². The standard InChI is InChI=1S/C21H22F2N2O2S/c1-26-18-11-14(8-9-17(18)27-21(22)23)12-25-10-4-5-15(13-25)20-24-16-6-2-3-7-19(16)28-20/h2-3,6-9,11,15,21H,4-5,10,12-13H2,1H3/p+1/t15-/m1/s1. The molecule has 1 saturated heterocycles. The Morgan fingerprint density at radius 2 is 2.07 bits per heavy atom. The Hall–Kier alpha value is -2.25. The lowest BCUT2D eigenvalue weighted by atomic mass is 9.98. The zero-order chi connectivity index (χ0) is 19.5. The minimum atomic E-state index is -2.86. The van der Waals surface area contributed by atoms with Crippen molar-refractivity contribution < 1.29 is 23.2 Å². The normalized spacial score (nSPS) is 19.9. The number of likely N-dealkylation sites (tertiary alicyclic amines) is 1. The van der Waals surface area contributed by atoms with Crippen LogP contribution in [0.25, 0.3) is 10.2 Å². The number of quaternary nitrogens is 1. The highest BCUT2D eigenvalue weighted by Crippen LogP contribution is 2.31. The third-order valence-corrected chi connectivity index (χ3v) is 6.37. The maximum atomic E-state index is 12.5. The molecule has 1 fully saturated rings. The molecule has 0 amide bonds. The Bertz CT molecular complexity index is 914. The summed E-state index contributed by atoms with van der Waals surface area (Å²) in [6.45, 7) is 0.0883. The molecule has 148 valence electrons. The Morgan fingerprint density at radius 3 is 2.86 bits per heavy atom. The molecule has 3 aromatic rings. The minimum Gasteiger partial charge on any atom is -0.493 e. The number of alkyl halides is 2. The number of benzene rings is 2. The van der Waals surface area contributed by atoms with Crippen molar-refractivity contribution in [3.8, 4) is 11.5 Å². The Balaban J connectivity index is 1.46. The van der Waals surface area contributed by atoms with E-state index in [2.05, 4.69) is 22.9 Å². The fourth-order valence-corrected chi connectivity index (χ4v) is 4.99. The van der Waals surface area contributed by atoms with E-state index >= 15 is 0 Å². The fraction of sp³-hybridized carbons (Fsp3) is 0.381. The van der Waals surface area contributed by atoms with E-state index in [1.807, 2.05) is 12.1 Å². The Kier molecular flexibility index (Phi) is 5.73. The van der Waals surface area contributed by atoms with E-state index in [1.54, 1.807) is 23.5 Å². The van der Waals surface area contributed by atoms with E-state index in [9.17, 15) is 8.78 Å². The summed E-state index contributed by atoms with van der Waals surface area (Å²) in [5.41, 5.74) is 2.13. The summed E-state index contributed by atoms with van der Waals surface area (Å²) in [5, 5.41) is 1.22. The van der Waals surface area contributed by atoms with E-state index in [-0.39, 0.29) is 5.75 Å². The molecule has 1 aliphatic heterocycles. The van der Waals surface area contributed by atoms with Crippen LogP contribution in [-0.4, -0.2) is 31.8 Å². The first kappa shape index (κ1) is 19.1. The number of fused-ring (bicyclic) bond motifs is 1. The zero-order valence-corrected chi connectivity index (χ0v) is 16.5. The van der Waals surface area contributed by atoms with E-state index in [1.165, 1.54) is 21.7 Å². The van der Waals surface area contributed by atoms with Gasteiger partial charge in [0.2, 0.25) is 0 Å². The van der Waals surface area contributed by atoms with Crippen molar-refractivity contribution in [1.29, 1.82) is 0 Å². The number of ether oxygens (including phenoxy) is 2. The number of para-hydroxylation sites is 1. The first-order chi connectivity index (χ1) is 13.6. The van der Waals surface area contributed by atoms with E-state index in [0.29, 0.717) is 11.7 Å². The first-order valence-electron chi connectivity index (χ1n) is 9.43. The Labute approximate surface area is 166 Å². The van der Waals surface area contributed by atoms with Crippen LogP contribution in [-0.2, 0) is 6.54 Å². The van der Waals surface area contributed by atoms with Gasteiger partial charge in [-0.25, -0.2) is 4.98 Å². The molecular formula is C21H23F2N2O2S+. The van der Waals surface area contributed by atoms with Crippen LogP contribution in [0, 0.1) is 0 Å². The highest BCUT2D eigenvalue weighted by molar-refractivity contribution is 7.18. The second kappa shape index (κ2) is 8.41. The highest BCUT2D eigenvalue weighted by Gasteiger charge is 2.27. The molecule has 2 heterocycles. The largest absolute Gasteiger partial charge is 0.493 e. The molecule has 2 aromatic carbocycles. The maximum Gasteiger partial charge on any atom is 0.387 e. The van der Waals surface area contributed by atoms with Crippen LogP contribution in [0.5, 0.6) is 11.5 Å². The van der Waals surface area contributed by atoms with Crippen molar-refractivity contribution in [2.45, 2.75) is 31.9 Å². The van der Waals surface area contributed by atoms with Crippen LogP contribution in [0.1, 0.15) is 29.3 Å². The second-order valence-corrected chi connectivity index (χ2v) is 8.17. The van der Waals surface area contributed by atoms with Gasteiger partial charge in [0.15, 0.2) is 11.5 Å². The van der Waals surface area contributed by atoms with Crippen LogP contribution in [0.3, 0.4) is 0 Å². The van der Waals surface area contributed by atoms with Crippen LogP contribution >= 0.6 is 11.3 Å². The zero-order valence-electron chi connectivity index (χ0n) is 15.7. The SMILES string of the molecule is COc1cc(C[NH+]2CCC[C@@H](c3nc4ccccc4s3)C2)ccc1OC(F)F. The summed E-state index contributed by atoms with van der Waals surface area (Å²) in [6, 6.07) is 13.5. The quantitative estimate of drug-likeness (QED) is 0.676. The average Bonchev–Trinajstić information content (AvgIpc) is 3.13. The molecule has 4 nitrogen and oxygen atoms in total. The number of rotatable bonds is 6. The van der Waals surface area contributed by atoms with Crippen LogP contribution in [0.15, 0.2) is 42.5 Å². The van der Waals surface area contributed by atoms with Gasteiger partial charge in [-0.3, -0.25) is 0 Å². The molecule has 0 radical (unpaired) electrons. The molecule has 7 heteroatoms. The second-order valence-electron chi connectivity index (χ2n) is 7.10. The number of hydrogen-bond donors (Lipinski definition) is 1. The summed E-state index contributed by atoms with van der Waals surface area (Å²) in [5.74, 6) is 0.878. The predicted octanol–water partition coefficient (Wildman–Crippen LogP) is 3.87. The van der Waals surface area contributed by atoms with Gasteiger partial charge in [0, 0.05) is 5.56 Å². The van der Waals surface area contributed by atoms with Crippen molar-refractivity contribution in [3.63, 3.8) is 0 Å². The fourth-order valence-electron chi connectivity index (χ4n) is 3.89. The van der Waals surface area contributed by atoms with Gasteiger partial charge in [-0.05, 0) is 43.2 Å². The van der Waals surface area contributed by atoms with Crippen LogP contribution < -0.4 is 14.4 Å². The molecule has 0 bridgehead atoms. The number of methoxy groups -OCH3 is 1. The molecular weight excluding hydrogens is 382 g/mol. The van der Waals surface area contributed by atoms with Crippen molar-refractivity contribution in [2.75, 3.05) is 20.2 Å². The third kappa shape index (κ3) is 4.25. The molecule has 0 spiro atoms. The molecule has 1 aromatic heterocycles. The number of aromatic nitrogens is 1. The van der Waals surface area contributed by atoms with Crippen LogP contribution in [0.4, 0.5) is 8.78 Å². The summed E-state index contributed by atoms with van der Waals surface area (Å²) in [6.07, 6.45) is 2.31. The number of thiazole rings is 1. The van der Waals surface area contributed by atoms with Crippen molar-refractivity contribution >= 4 is 21.6 Å². The van der Waals surface area contributed by atoms with Gasteiger partial charge < -0.3 is 14.4 Å². The summed E-state index contributed by atoms with van der Waals surface area (Å²) in [4.78, 5) is 6.31. The molecule has 28 heavy (non-hydrogen) atoms. The summed E-state index contributed by atoms with van der Waals surface area (Å²) >= 11 is 1.79. The molecule has 0 saturated carbocycles. The van der Waals surface area contributed by atoms with Gasteiger partial charge in [-0.1, -0.05) is 12.1 Å². The average molecular weight is 405 g/mol. The number of nitrogens with zero attached hydrogens (tertiary/aromatic N) is 1. The topological polar surface area (TPSA) is 35.8 Å². The van der Waals surface area contributed by atoms with Gasteiger partial charge in [0.25, 0.3) is 0 Å². The van der Waals surface area contributed by atoms with Crippen molar-refractivity contribution in [2.24, 2.45) is 0 Å². The lowest BCUT2D eigenvalue weighted by molar-refractivity contribution is -0.920. The molecule has 1 unspecified atom stereocenters. The molecule has 1 aliphatic rings. The summed E-state index contributed by atoms with van der Waals surface area (Å²) < 4.78 is 36.0. The summed E-state index contributed by atoms with van der Waals surface area (Å²) in [7, 11) is 1.47. The molecule has 4 rings (SSSR count). The van der Waals surface area contributed by atoms with Gasteiger partial charge >= 0.3 is 6.61 Å². The minimum absolute atomic E-state index is 0.0715. The van der Waals surface area contributed by atoms with Gasteiger partial charge in [0.05, 0.1) is 36.3 Å². The molecule has 1 N–H and O–H groups in total. The van der Waals surface area contributed by atoms with E-state index in [0.717, 1.165) is 43.6 Å². The lowest BCUT2D eigenvalue weighted by Crippen LogP contribution is -3.12. The number of piperidine rings is 1. The smallest absolute Gasteiger partial charge is 0.387 e. The third-order valence-electron chi connectivity index (χ3n) is 5.18. The molecule has 0 aliphatic carbocycles. The predicted molar refractivity (Wildman–Crippen MR) is 106 cm³/mol. The lowest BCUT2D eigenvalue weighted by Gasteiger charge is -2.29.